The van der Waals surface area contributed by atoms with Crippen LogP contribution in [0.4, 0.5) is 13.2 Å². The van der Waals surface area contributed by atoms with Gasteiger partial charge in [-0.15, -0.1) is 0 Å². The van der Waals surface area contributed by atoms with Gasteiger partial charge in [-0.3, -0.25) is 4.79 Å². The average molecular weight is 330 g/mol. The topological polar surface area (TPSA) is 41.6 Å². The Labute approximate surface area is 133 Å². The molecule has 1 heterocycles. The highest BCUT2D eigenvalue weighted by Gasteiger charge is 2.29. The smallest absolute Gasteiger partial charge is 0.370 e. The average Bonchev–Trinajstić information content (AvgIpc) is 2.46. The minimum absolute atomic E-state index is 0.240. The van der Waals surface area contributed by atoms with Gasteiger partial charge < -0.3 is 15.0 Å². The van der Waals surface area contributed by atoms with Gasteiger partial charge >= 0.3 is 6.18 Å². The van der Waals surface area contributed by atoms with Crippen molar-refractivity contribution < 1.29 is 22.7 Å². The van der Waals surface area contributed by atoms with E-state index < -0.39 is 12.7 Å². The molecule has 0 spiro atoms. The maximum atomic E-state index is 12.1. The largest absolute Gasteiger partial charge is 0.401 e. The van der Waals surface area contributed by atoms with Crippen LogP contribution in [0.1, 0.15) is 22.8 Å². The van der Waals surface area contributed by atoms with Crippen LogP contribution in [0.5, 0.6) is 0 Å². The number of nitrogens with zero attached hydrogens (tertiary/aromatic N) is 1. The van der Waals surface area contributed by atoms with E-state index in [0.717, 1.165) is 16.7 Å². The van der Waals surface area contributed by atoms with E-state index in [0.29, 0.717) is 19.7 Å². The summed E-state index contributed by atoms with van der Waals surface area (Å²) in [6, 6.07) is 6.01. The lowest BCUT2D eigenvalue weighted by atomic mass is 10.00. The lowest BCUT2D eigenvalue weighted by molar-refractivity contribution is -0.140. The highest BCUT2D eigenvalue weighted by Crippen LogP contribution is 2.25. The van der Waals surface area contributed by atoms with Crippen molar-refractivity contribution in [2.45, 2.75) is 26.1 Å². The molecule has 1 N–H and O–H groups in total. The van der Waals surface area contributed by atoms with E-state index in [-0.39, 0.29) is 18.6 Å². The molecule has 1 aromatic carbocycles. The Kier molecular flexibility index (Phi) is 5.64. The summed E-state index contributed by atoms with van der Waals surface area (Å²) in [5.74, 6) is -0.340. The highest BCUT2D eigenvalue weighted by molar-refractivity contribution is 5.78. The molecule has 7 heteroatoms. The Hall–Kier alpha value is -1.60. The molecular weight excluding hydrogens is 309 g/mol. The van der Waals surface area contributed by atoms with Gasteiger partial charge in [-0.05, 0) is 25.0 Å². The van der Waals surface area contributed by atoms with Gasteiger partial charge in [-0.2, -0.15) is 13.2 Å². The summed E-state index contributed by atoms with van der Waals surface area (Å²) in [6.07, 6.45) is -4.55. The molecule has 0 aliphatic carbocycles. The third-order valence-corrected chi connectivity index (χ3v) is 3.79. The zero-order valence-corrected chi connectivity index (χ0v) is 13.2. The lowest BCUT2D eigenvalue weighted by Gasteiger charge is -2.34. The van der Waals surface area contributed by atoms with E-state index >= 15 is 0 Å². The van der Waals surface area contributed by atoms with E-state index in [9.17, 15) is 18.0 Å². The molecule has 128 valence electrons. The van der Waals surface area contributed by atoms with Crippen LogP contribution in [0.25, 0.3) is 0 Å². The van der Waals surface area contributed by atoms with Crippen molar-refractivity contribution in [3.63, 3.8) is 0 Å². The van der Waals surface area contributed by atoms with Gasteiger partial charge in [0.25, 0.3) is 0 Å². The molecule has 1 saturated heterocycles. The van der Waals surface area contributed by atoms with Crippen LogP contribution in [-0.4, -0.2) is 49.8 Å². The Morgan fingerprint density at radius 2 is 2.13 bits per heavy atom. The minimum atomic E-state index is -4.31. The van der Waals surface area contributed by atoms with E-state index in [1.165, 1.54) is 0 Å². The zero-order chi connectivity index (χ0) is 17.0. The number of carbonyl (C=O) groups is 1. The summed E-state index contributed by atoms with van der Waals surface area (Å²) in [5.41, 5.74) is 3.24. The van der Waals surface area contributed by atoms with Crippen molar-refractivity contribution in [3.05, 3.63) is 34.9 Å². The minimum Gasteiger partial charge on any atom is -0.370 e. The third-order valence-electron chi connectivity index (χ3n) is 3.79. The van der Waals surface area contributed by atoms with Crippen molar-refractivity contribution in [2.75, 3.05) is 32.8 Å². The second-order valence-corrected chi connectivity index (χ2v) is 5.78. The summed E-state index contributed by atoms with van der Waals surface area (Å²) < 4.78 is 42.0. The molecule has 1 fully saturated rings. The quantitative estimate of drug-likeness (QED) is 0.921. The summed E-state index contributed by atoms with van der Waals surface area (Å²) in [5, 5.41) is 2.14. The number of rotatable bonds is 4. The van der Waals surface area contributed by atoms with Gasteiger partial charge in [0, 0.05) is 6.54 Å². The fourth-order valence-electron chi connectivity index (χ4n) is 2.67. The first kappa shape index (κ1) is 17.7. The van der Waals surface area contributed by atoms with Crippen LogP contribution in [0.15, 0.2) is 18.2 Å². The first-order valence-electron chi connectivity index (χ1n) is 7.50. The molecule has 1 aliphatic heterocycles. The Morgan fingerprint density at radius 3 is 2.78 bits per heavy atom. The summed E-state index contributed by atoms with van der Waals surface area (Å²) in [6.45, 7) is 3.63. The maximum Gasteiger partial charge on any atom is 0.401 e. The van der Waals surface area contributed by atoms with E-state index in [4.69, 9.17) is 4.74 Å². The van der Waals surface area contributed by atoms with Gasteiger partial charge in [0.2, 0.25) is 5.91 Å². The molecule has 23 heavy (non-hydrogen) atoms. The molecule has 1 amide bonds. The molecule has 1 atom stereocenters. The van der Waals surface area contributed by atoms with E-state index in [1.54, 1.807) is 4.90 Å². The van der Waals surface area contributed by atoms with Crippen molar-refractivity contribution in [1.82, 2.24) is 10.2 Å². The summed E-state index contributed by atoms with van der Waals surface area (Å²) in [7, 11) is 0. The van der Waals surface area contributed by atoms with E-state index in [1.807, 2.05) is 32.0 Å². The highest BCUT2D eigenvalue weighted by atomic mass is 19.4. The molecule has 0 saturated carbocycles. The molecule has 0 radical (unpaired) electrons. The first-order chi connectivity index (χ1) is 10.8. The molecule has 1 aromatic rings. The van der Waals surface area contributed by atoms with Gasteiger partial charge in [-0.25, -0.2) is 0 Å². The lowest BCUT2D eigenvalue weighted by Crippen LogP contribution is -2.46. The van der Waals surface area contributed by atoms with Crippen LogP contribution < -0.4 is 5.32 Å². The number of nitrogens with one attached hydrogen (secondary N) is 1. The van der Waals surface area contributed by atoms with Crippen molar-refractivity contribution >= 4 is 5.91 Å². The summed E-state index contributed by atoms with van der Waals surface area (Å²) in [4.78, 5) is 13.6. The number of ether oxygens (including phenoxy) is 1. The predicted octanol–water partition coefficient (Wildman–Crippen LogP) is 2.36. The molecule has 1 unspecified atom stereocenters. The molecule has 1 aliphatic rings. The molecule has 2 rings (SSSR count). The fourth-order valence-corrected chi connectivity index (χ4v) is 2.67. The number of carbonyl (C=O) groups excluding carboxylic acids is 1. The summed E-state index contributed by atoms with van der Waals surface area (Å²) >= 11 is 0. The maximum absolute atomic E-state index is 12.1. The number of hydrogen-bond acceptors (Lipinski definition) is 3. The number of halogens is 3. The molecule has 0 aromatic heterocycles. The predicted molar refractivity (Wildman–Crippen MR) is 80.1 cm³/mol. The van der Waals surface area contributed by atoms with Crippen LogP contribution >= 0.6 is 0 Å². The number of benzene rings is 1. The van der Waals surface area contributed by atoms with Crippen LogP contribution in [0.2, 0.25) is 0 Å². The number of morpholine rings is 1. The second kappa shape index (κ2) is 7.31. The van der Waals surface area contributed by atoms with Crippen molar-refractivity contribution in [2.24, 2.45) is 0 Å². The first-order valence-corrected chi connectivity index (χ1v) is 7.50. The number of aryl methyl sites for hydroxylation is 2. The Balaban J connectivity index is 1.93. The SMILES string of the molecule is Cc1ccc(C2CN(C(=O)CNCC(F)(F)F)CCO2)c(C)c1. The molecular formula is C16H21F3N2O2. The standard InChI is InChI=1S/C16H21F3N2O2/c1-11-3-4-13(12(2)7-11)14-9-21(5-6-23-14)15(22)8-20-10-16(17,18)19/h3-4,7,14,20H,5-6,8-10H2,1-2H3. The zero-order valence-electron chi connectivity index (χ0n) is 13.2. The van der Waals surface area contributed by atoms with Crippen molar-refractivity contribution in [1.29, 1.82) is 0 Å². The number of alkyl halides is 3. The number of amides is 1. The van der Waals surface area contributed by atoms with Crippen LogP contribution in [-0.2, 0) is 9.53 Å². The van der Waals surface area contributed by atoms with Gasteiger partial charge in [0.15, 0.2) is 0 Å². The number of hydrogen-bond donors (Lipinski definition) is 1. The molecule has 4 nitrogen and oxygen atoms in total. The Bertz CT molecular complexity index is 561. The van der Waals surface area contributed by atoms with Crippen LogP contribution in [0.3, 0.4) is 0 Å². The van der Waals surface area contributed by atoms with E-state index in [2.05, 4.69) is 5.32 Å². The normalized spacial score (nSPS) is 19.0. The van der Waals surface area contributed by atoms with Crippen LogP contribution in [0, 0.1) is 13.8 Å². The third kappa shape index (κ3) is 5.21. The fraction of sp³-hybridized carbons (Fsp3) is 0.562. The van der Waals surface area contributed by atoms with Gasteiger partial charge in [0.05, 0.1) is 26.2 Å². The molecule has 0 bridgehead atoms. The van der Waals surface area contributed by atoms with Gasteiger partial charge in [0.1, 0.15) is 6.10 Å². The van der Waals surface area contributed by atoms with Crippen molar-refractivity contribution in [3.8, 4) is 0 Å². The van der Waals surface area contributed by atoms with Gasteiger partial charge in [-0.1, -0.05) is 23.8 Å². The monoisotopic (exact) mass is 330 g/mol. The second-order valence-electron chi connectivity index (χ2n) is 5.78. The Morgan fingerprint density at radius 1 is 1.39 bits per heavy atom.